The van der Waals surface area contributed by atoms with Crippen LogP contribution in [-0.2, 0) is 13.1 Å². The molecular formula is C16H21BrN4S. The summed E-state index contributed by atoms with van der Waals surface area (Å²) in [7, 11) is 1.78. The van der Waals surface area contributed by atoms with Crippen LogP contribution < -0.4 is 10.6 Å². The normalized spacial score (nSPS) is 11.8. The Morgan fingerprint density at radius 2 is 1.91 bits per heavy atom. The van der Waals surface area contributed by atoms with Gasteiger partial charge in [0.2, 0.25) is 0 Å². The number of hydrogen-bond donors (Lipinski definition) is 2. The lowest BCUT2D eigenvalue weighted by Gasteiger charge is -2.11. The summed E-state index contributed by atoms with van der Waals surface area (Å²) in [6.07, 6.45) is 0. The Balaban J connectivity index is 1.83. The molecule has 0 saturated carbocycles. The van der Waals surface area contributed by atoms with E-state index in [2.05, 4.69) is 67.9 Å². The molecule has 0 aliphatic rings. The molecule has 4 nitrogen and oxygen atoms in total. The van der Waals surface area contributed by atoms with Crippen molar-refractivity contribution in [2.24, 2.45) is 4.99 Å². The third kappa shape index (κ3) is 5.10. The van der Waals surface area contributed by atoms with E-state index in [1.165, 1.54) is 5.56 Å². The maximum Gasteiger partial charge on any atom is 0.191 e. The third-order valence-electron chi connectivity index (χ3n) is 3.16. The fourth-order valence-corrected chi connectivity index (χ4v) is 3.00. The molecule has 22 heavy (non-hydrogen) atoms. The number of halogens is 1. The van der Waals surface area contributed by atoms with Crippen LogP contribution in [0, 0.1) is 0 Å². The number of nitrogens with one attached hydrogen (secondary N) is 2. The molecule has 0 spiro atoms. The summed E-state index contributed by atoms with van der Waals surface area (Å²) in [6, 6.07) is 8.24. The van der Waals surface area contributed by atoms with Gasteiger partial charge >= 0.3 is 0 Å². The van der Waals surface area contributed by atoms with Gasteiger partial charge in [-0.2, -0.15) is 0 Å². The molecule has 0 unspecified atom stereocenters. The molecule has 0 aliphatic carbocycles. The van der Waals surface area contributed by atoms with Crippen molar-refractivity contribution in [1.82, 2.24) is 15.6 Å². The second-order valence-electron chi connectivity index (χ2n) is 5.23. The highest BCUT2D eigenvalue weighted by Gasteiger charge is 2.06. The van der Waals surface area contributed by atoms with Crippen molar-refractivity contribution in [3.8, 4) is 0 Å². The van der Waals surface area contributed by atoms with Crippen LogP contribution in [0.3, 0.4) is 0 Å². The molecule has 0 saturated heterocycles. The third-order valence-corrected chi connectivity index (χ3v) is 4.56. The second-order valence-corrected chi connectivity index (χ2v) is 7.08. The van der Waals surface area contributed by atoms with Gasteiger partial charge in [-0.15, -0.1) is 11.3 Å². The van der Waals surface area contributed by atoms with Crippen molar-refractivity contribution in [1.29, 1.82) is 0 Å². The van der Waals surface area contributed by atoms with Crippen LogP contribution in [0.15, 0.2) is 39.1 Å². The lowest BCUT2D eigenvalue weighted by Crippen LogP contribution is -2.36. The quantitative estimate of drug-likeness (QED) is 0.610. The fraction of sp³-hybridized carbons (Fsp3) is 0.375. The number of hydrogen-bond acceptors (Lipinski definition) is 3. The first-order valence-electron chi connectivity index (χ1n) is 7.21. The number of guanidine groups is 1. The number of aliphatic imine (C=N–C) groups is 1. The molecule has 0 bridgehead atoms. The summed E-state index contributed by atoms with van der Waals surface area (Å²) >= 11 is 5.12. The van der Waals surface area contributed by atoms with Crippen LogP contribution in [0.5, 0.6) is 0 Å². The van der Waals surface area contributed by atoms with Crippen molar-refractivity contribution in [3.05, 3.63) is 50.4 Å². The average Bonchev–Trinajstić information content (AvgIpc) is 2.98. The predicted octanol–water partition coefficient (Wildman–Crippen LogP) is 3.89. The number of benzene rings is 1. The van der Waals surface area contributed by atoms with Crippen LogP contribution in [0.4, 0.5) is 0 Å². The summed E-state index contributed by atoms with van der Waals surface area (Å²) in [5.74, 6) is 1.25. The van der Waals surface area contributed by atoms with Crippen LogP contribution in [0.2, 0.25) is 0 Å². The maximum atomic E-state index is 4.61. The van der Waals surface area contributed by atoms with Gasteiger partial charge in [-0.3, -0.25) is 4.99 Å². The molecule has 6 heteroatoms. The lowest BCUT2D eigenvalue weighted by molar-refractivity contribution is 0.785. The second kappa shape index (κ2) is 8.29. The van der Waals surface area contributed by atoms with Gasteiger partial charge in [0.1, 0.15) is 5.01 Å². The summed E-state index contributed by atoms with van der Waals surface area (Å²) in [5, 5.41) is 9.81. The molecule has 0 radical (unpaired) electrons. The van der Waals surface area contributed by atoms with E-state index < -0.39 is 0 Å². The zero-order valence-corrected chi connectivity index (χ0v) is 15.5. The first kappa shape index (κ1) is 17.0. The molecular weight excluding hydrogens is 360 g/mol. The van der Waals surface area contributed by atoms with E-state index >= 15 is 0 Å². The molecule has 2 rings (SSSR count). The molecule has 2 N–H and O–H groups in total. The Morgan fingerprint density at radius 3 is 2.50 bits per heavy atom. The molecule has 1 aromatic carbocycles. The van der Waals surface area contributed by atoms with Crippen LogP contribution >= 0.6 is 27.3 Å². The highest BCUT2D eigenvalue weighted by molar-refractivity contribution is 9.10. The van der Waals surface area contributed by atoms with Crippen molar-refractivity contribution >= 4 is 33.2 Å². The van der Waals surface area contributed by atoms with Crippen LogP contribution in [-0.4, -0.2) is 18.0 Å². The summed E-state index contributed by atoms with van der Waals surface area (Å²) in [6.45, 7) is 5.75. The van der Waals surface area contributed by atoms with Gasteiger partial charge in [0.05, 0.1) is 12.2 Å². The topological polar surface area (TPSA) is 49.3 Å². The molecule has 0 atom stereocenters. The van der Waals surface area contributed by atoms with E-state index in [0.717, 1.165) is 27.7 Å². The summed E-state index contributed by atoms with van der Waals surface area (Å²) in [5.41, 5.74) is 2.36. The number of aromatic nitrogens is 1. The van der Waals surface area contributed by atoms with Crippen molar-refractivity contribution in [2.45, 2.75) is 32.9 Å². The smallest absolute Gasteiger partial charge is 0.191 e. The molecule has 2 aromatic rings. The van der Waals surface area contributed by atoms with Crippen molar-refractivity contribution in [2.75, 3.05) is 7.05 Å². The van der Waals surface area contributed by atoms with Gasteiger partial charge < -0.3 is 10.6 Å². The Bertz CT molecular complexity index is 619. The van der Waals surface area contributed by atoms with Crippen LogP contribution in [0.25, 0.3) is 0 Å². The predicted molar refractivity (Wildman–Crippen MR) is 97.4 cm³/mol. The van der Waals surface area contributed by atoms with E-state index in [4.69, 9.17) is 0 Å². The molecule has 1 heterocycles. The summed E-state index contributed by atoms with van der Waals surface area (Å²) in [4.78, 5) is 8.85. The SMILES string of the molecule is CN=C(NCc1ccc(Br)cc1)NCc1nc(C(C)C)cs1. The highest BCUT2D eigenvalue weighted by atomic mass is 79.9. The van der Waals surface area contributed by atoms with Crippen molar-refractivity contribution in [3.63, 3.8) is 0 Å². The summed E-state index contributed by atoms with van der Waals surface area (Å²) < 4.78 is 1.09. The first-order chi connectivity index (χ1) is 10.6. The number of nitrogens with zero attached hydrogens (tertiary/aromatic N) is 2. The lowest BCUT2D eigenvalue weighted by atomic mass is 10.2. The van der Waals surface area contributed by atoms with Crippen molar-refractivity contribution < 1.29 is 0 Å². The molecule has 1 aromatic heterocycles. The highest BCUT2D eigenvalue weighted by Crippen LogP contribution is 2.17. The maximum absolute atomic E-state index is 4.61. The Labute approximate surface area is 144 Å². The molecule has 118 valence electrons. The minimum Gasteiger partial charge on any atom is -0.352 e. The standard InChI is InChI=1S/C16H21BrN4S/c1-11(2)14-10-22-15(21-14)9-20-16(18-3)19-8-12-4-6-13(17)7-5-12/h4-7,10-11H,8-9H2,1-3H3,(H2,18,19,20). The minimum atomic E-state index is 0.472. The average molecular weight is 381 g/mol. The number of rotatable bonds is 5. The zero-order valence-electron chi connectivity index (χ0n) is 13.1. The van der Waals surface area contributed by atoms with E-state index in [1.54, 1.807) is 18.4 Å². The largest absolute Gasteiger partial charge is 0.352 e. The van der Waals surface area contributed by atoms with E-state index in [-0.39, 0.29) is 0 Å². The van der Waals surface area contributed by atoms with E-state index in [1.807, 2.05) is 12.1 Å². The minimum absolute atomic E-state index is 0.472. The molecule has 0 aliphatic heterocycles. The Morgan fingerprint density at radius 1 is 1.23 bits per heavy atom. The zero-order chi connectivity index (χ0) is 15.9. The van der Waals surface area contributed by atoms with Gasteiger partial charge in [-0.05, 0) is 23.6 Å². The Hall–Kier alpha value is -1.40. The van der Waals surface area contributed by atoms with E-state index in [0.29, 0.717) is 12.5 Å². The van der Waals surface area contributed by atoms with Gasteiger partial charge in [0, 0.05) is 23.4 Å². The van der Waals surface area contributed by atoms with Gasteiger partial charge in [-0.1, -0.05) is 41.9 Å². The van der Waals surface area contributed by atoms with Gasteiger partial charge in [0.25, 0.3) is 0 Å². The van der Waals surface area contributed by atoms with Gasteiger partial charge in [0.15, 0.2) is 5.96 Å². The molecule has 0 fully saturated rings. The Kier molecular flexibility index (Phi) is 6.39. The molecule has 0 amide bonds. The van der Waals surface area contributed by atoms with Crippen LogP contribution in [0.1, 0.15) is 36.0 Å². The monoisotopic (exact) mass is 380 g/mol. The fourth-order valence-electron chi connectivity index (χ4n) is 1.84. The van der Waals surface area contributed by atoms with Gasteiger partial charge in [-0.25, -0.2) is 4.98 Å². The number of thiazole rings is 1. The van der Waals surface area contributed by atoms with E-state index in [9.17, 15) is 0 Å². The first-order valence-corrected chi connectivity index (χ1v) is 8.89.